The van der Waals surface area contributed by atoms with Crippen molar-refractivity contribution in [2.45, 2.75) is 50.2 Å². The summed E-state index contributed by atoms with van der Waals surface area (Å²) in [4.78, 5) is 26.1. The fourth-order valence-corrected chi connectivity index (χ4v) is 4.91. The molecule has 4 fully saturated rings. The molecule has 1 aromatic heterocycles. The molecule has 1 aromatic carbocycles. The normalized spacial score (nSPS) is 27.3. The van der Waals surface area contributed by atoms with Crippen molar-refractivity contribution in [3.8, 4) is 0 Å². The number of aromatic nitrogens is 1. The molecule has 0 radical (unpaired) electrons. The van der Waals surface area contributed by atoms with Crippen molar-refractivity contribution in [2.75, 3.05) is 11.4 Å². The highest BCUT2D eigenvalue weighted by atomic mass is 19.1. The number of carboxylic acids is 1. The van der Waals surface area contributed by atoms with Gasteiger partial charge in [0, 0.05) is 36.3 Å². The number of fused-ring (bicyclic) bond motifs is 4. The van der Waals surface area contributed by atoms with Gasteiger partial charge in [-0.2, -0.15) is 0 Å². The Bertz CT molecular complexity index is 1010. The van der Waals surface area contributed by atoms with E-state index in [0.717, 1.165) is 38.6 Å². The Morgan fingerprint density at radius 1 is 1.22 bits per heavy atom. The van der Waals surface area contributed by atoms with Crippen LogP contribution < -0.4 is 16.1 Å². The molecule has 3 atom stereocenters. The first-order chi connectivity index (χ1) is 12.9. The van der Waals surface area contributed by atoms with Crippen LogP contribution in [0.25, 0.3) is 10.9 Å². The summed E-state index contributed by atoms with van der Waals surface area (Å²) >= 11 is 0. The highest BCUT2D eigenvalue weighted by Gasteiger charge is 2.40. The first-order valence-electron chi connectivity index (χ1n) is 9.58. The van der Waals surface area contributed by atoms with E-state index < -0.39 is 17.2 Å². The van der Waals surface area contributed by atoms with E-state index in [9.17, 15) is 14.7 Å². The average Bonchev–Trinajstić information content (AvgIpc) is 3.47. The lowest BCUT2D eigenvalue weighted by Gasteiger charge is -2.50. The summed E-state index contributed by atoms with van der Waals surface area (Å²) in [6.45, 7) is 0.779. The molecule has 2 saturated heterocycles. The van der Waals surface area contributed by atoms with Gasteiger partial charge in [0.1, 0.15) is 11.4 Å². The number of rotatable bonds is 3. The number of halogens is 1. The molecular weight excluding hydrogens is 349 g/mol. The number of carboxylic acid groups (broad SMARTS) is 1. The van der Waals surface area contributed by atoms with Gasteiger partial charge in [0.05, 0.1) is 11.2 Å². The van der Waals surface area contributed by atoms with Crippen LogP contribution in [0.1, 0.15) is 48.5 Å². The van der Waals surface area contributed by atoms with Crippen LogP contribution in [0.4, 0.5) is 10.1 Å². The summed E-state index contributed by atoms with van der Waals surface area (Å²) in [7, 11) is 0. The highest BCUT2D eigenvalue weighted by Crippen LogP contribution is 2.41. The summed E-state index contributed by atoms with van der Waals surface area (Å²) in [5, 5.41) is 9.48. The number of carbonyl (C=O) groups is 1. The first-order valence-corrected chi connectivity index (χ1v) is 9.58. The quantitative estimate of drug-likeness (QED) is 0.865. The van der Waals surface area contributed by atoms with Crippen molar-refractivity contribution in [3.05, 3.63) is 39.9 Å². The van der Waals surface area contributed by atoms with Crippen LogP contribution in [-0.4, -0.2) is 34.3 Å². The van der Waals surface area contributed by atoms with Crippen LogP contribution >= 0.6 is 0 Å². The molecule has 2 saturated carbocycles. The van der Waals surface area contributed by atoms with E-state index >= 15 is 4.39 Å². The molecule has 27 heavy (non-hydrogen) atoms. The van der Waals surface area contributed by atoms with Gasteiger partial charge in [-0.3, -0.25) is 4.79 Å². The van der Waals surface area contributed by atoms with E-state index in [1.54, 1.807) is 6.07 Å². The molecule has 6 rings (SSSR count). The number of nitrogens with zero attached hydrogens (tertiary/aromatic N) is 2. The molecule has 7 heteroatoms. The van der Waals surface area contributed by atoms with Gasteiger partial charge in [-0.05, 0) is 50.2 Å². The molecular formula is C20H22FN3O3. The predicted molar refractivity (Wildman–Crippen MR) is 99.8 cm³/mol. The summed E-state index contributed by atoms with van der Waals surface area (Å²) in [6, 6.07) is 3.26. The topological polar surface area (TPSA) is 88.6 Å². The zero-order valence-corrected chi connectivity index (χ0v) is 14.9. The molecule has 0 spiro atoms. The van der Waals surface area contributed by atoms with Crippen molar-refractivity contribution in [1.29, 1.82) is 0 Å². The van der Waals surface area contributed by atoms with Crippen LogP contribution in [0.15, 0.2) is 23.1 Å². The zero-order chi connectivity index (χ0) is 18.9. The number of benzene rings is 1. The molecule has 6 nitrogen and oxygen atoms in total. The largest absolute Gasteiger partial charge is 0.477 e. The van der Waals surface area contributed by atoms with Gasteiger partial charge >= 0.3 is 5.97 Å². The van der Waals surface area contributed by atoms with Crippen LogP contribution in [0, 0.1) is 11.7 Å². The summed E-state index contributed by atoms with van der Waals surface area (Å²) in [6.07, 6.45) is 6.34. The van der Waals surface area contributed by atoms with Crippen molar-refractivity contribution in [3.63, 3.8) is 0 Å². The third kappa shape index (κ3) is 2.56. The van der Waals surface area contributed by atoms with Crippen molar-refractivity contribution >= 4 is 22.6 Å². The molecule has 2 bridgehead atoms. The predicted octanol–water partition coefficient (Wildman–Crippen LogP) is 2.49. The number of aromatic carboxylic acids is 1. The Morgan fingerprint density at radius 3 is 2.63 bits per heavy atom. The second kappa shape index (κ2) is 5.79. The smallest absolute Gasteiger partial charge is 0.341 e. The third-order valence-corrected chi connectivity index (χ3v) is 6.41. The van der Waals surface area contributed by atoms with Crippen molar-refractivity contribution in [2.24, 2.45) is 11.7 Å². The number of piperidine rings is 2. The fraction of sp³-hybridized carbons (Fsp3) is 0.500. The Labute approximate surface area is 155 Å². The number of nitrogens with two attached hydrogens (primary N) is 1. The molecule has 2 aliphatic carbocycles. The number of pyridine rings is 1. The van der Waals surface area contributed by atoms with E-state index in [2.05, 4.69) is 4.90 Å². The van der Waals surface area contributed by atoms with E-state index in [1.807, 2.05) is 4.57 Å². The van der Waals surface area contributed by atoms with Gasteiger partial charge in [-0.15, -0.1) is 0 Å². The van der Waals surface area contributed by atoms with Crippen LogP contribution in [0.5, 0.6) is 0 Å². The minimum atomic E-state index is -1.28. The van der Waals surface area contributed by atoms with Crippen molar-refractivity contribution in [1.82, 2.24) is 4.57 Å². The van der Waals surface area contributed by atoms with Crippen LogP contribution in [-0.2, 0) is 0 Å². The Kier molecular flexibility index (Phi) is 3.59. The number of hydrogen-bond donors (Lipinski definition) is 2. The van der Waals surface area contributed by atoms with Crippen LogP contribution in [0.2, 0.25) is 0 Å². The number of anilines is 1. The van der Waals surface area contributed by atoms with Gasteiger partial charge in [-0.25, -0.2) is 9.18 Å². The highest BCUT2D eigenvalue weighted by molar-refractivity contribution is 5.93. The standard InChI is InChI=1S/C20H22FN3O3/c21-14-6-12-17(23(11-2-3-11)9-13(19(12)25)20(26)27)7-18(14)24-8-10-1-4-16(24)15(22)5-10/h6-7,9-11,15-16H,1-5,8,22H2,(H,26,27)/t10-,15-,16+/m0/s1. The summed E-state index contributed by atoms with van der Waals surface area (Å²) in [5.74, 6) is -1.29. The maximum atomic E-state index is 15.0. The molecule has 3 heterocycles. The lowest BCUT2D eigenvalue weighted by molar-refractivity contribution is 0.0695. The first kappa shape index (κ1) is 16.7. The summed E-state index contributed by atoms with van der Waals surface area (Å²) in [5.41, 5.74) is 6.44. The second-order valence-electron chi connectivity index (χ2n) is 8.20. The zero-order valence-electron chi connectivity index (χ0n) is 14.9. The fourth-order valence-electron chi connectivity index (χ4n) is 4.91. The van der Waals surface area contributed by atoms with Gasteiger partial charge in [-0.1, -0.05) is 0 Å². The Balaban J connectivity index is 1.71. The monoisotopic (exact) mass is 371 g/mol. The maximum Gasteiger partial charge on any atom is 0.341 e. The lowest BCUT2D eigenvalue weighted by atomic mass is 9.76. The second-order valence-corrected chi connectivity index (χ2v) is 8.20. The van der Waals surface area contributed by atoms with Gasteiger partial charge in [0.25, 0.3) is 0 Å². The molecule has 142 valence electrons. The van der Waals surface area contributed by atoms with Crippen molar-refractivity contribution < 1.29 is 14.3 Å². The van der Waals surface area contributed by atoms with E-state index in [0.29, 0.717) is 17.1 Å². The molecule has 0 unspecified atom stereocenters. The minimum absolute atomic E-state index is 0.0348. The molecule has 2 aromatic rings. The Morgan fingerprint density at radius 2 is 2.00 bits per heavy atom. The average molecular weight is 371 g/mol. The van der Waals surface area contributed by atoms with E-state index in [-0.39, 0.29) is 29.1 Å². The lowest BCUT2D eigenvalue weighted by Crippen LogP contribution is -2.59. The van der Waals surface area contributed by atoms with Gasteiger partial charge in [0.15, 0.2) is 0 Å². The van der Waals surface area contributed by atoms with E-state index in [4.69, 9.17) is 5.73 Å². The summed E-state index contributed by atoms with van der Waals surface area (Å²) < 4.78 is 16.9. The molecule has 0 amide bonds. The maximum absolute atomic E-state index is 15.0. The molecule has 4 aliphatic rings. The minimum Gasteiger partial charge on any atom is -0.477 e. The van der Waals surface area contributed by atoms with Gasteiger partial charge < -0.3 is 20.3 Å². The SMILES string of the molecule is N[C@H]1C[C@@H]2CC[C@H]1N(c1cc3c(cc1F)c(=O)c(C(=O)O)cn3C1CC1)C2. The third-order valence-electron chi connectivity index (χ3n) is 6.41. The molecule has 2 aliphatic heterocycles. The Hall–Kier alpha value is -2.41. The molecule has 3 N–H and O–H groups in total. The van der Waals surface area contributed by atoms with Gasteiger partial charge in [0.2, 0.25) is 5.43 Å². The van der Waals surface area contributed by atoms with E-state index in [1.165, 1.54) is 12.3 Å². The number of hydrogen-bond acceptors (Lipinski definition) is 4. The van der Waals surface area contributed by atoms with Crippen LogP contribution in [0.3, 0.4) is 0 Å².